The van der Waals surface area contributed by atoms with E-state index in [0.29, 0.717) is 47.2 Å². The van der Waals surface area contributed by atoms with E-state index in [4.69, 9.17) is 23.4 Å². The lowest BCUT2D eigenvalue weighted by Crippen LogP contribution is -2.32. The maximum atomic E-state index is 13.6. The van der Waals surface area contributed by atoms with Crippen molar-refractivity contribution < 1.29 is 28.5 Å². The zero-order valence-electron chi connectivity index (χ0n) is 20.7. The van der Waals surface area contributed by atoms with E-state index in [9.17, 15) is 9.90 Å². The average Bonchev–Trinajstić information content (AvgIpc) is 2.87. The molecule has 7 heteroatoms. The van der Waals surface area contributed by atoms with Crippen LogP contribution >= 0.6 is 0 Å². The minimum atomic E-state index is -0.375. The Morgan fingerprint density at radius 3 is 2.44 bits per heavy atom. The number of rotatable bonds is 6. The van der Waals surface area contributed by atoms with Crippen molar-refractivity contribution in [3.05, 3.63) is 76.1 Å². The third-order valence-electron chi connectivity index (χ3n) is 6.47. The standard InChI is InChI=1S/C29H28O7/c1-29(2)11-10-18-23(36-29)13-21(30)26-27(31)20(16-35-28(18)26)19-12-24(33-4)25(14-22(19)32-3)34-15-17-8-6-5-7-9-17/h5-9,12-14,16,30H,10-11,15H2,1-4H3. The fourth-order valence-corrected chi connectivity index (χ4v) is 4.53. The molecule has 0 amide bonds. The molecule has 1 aliphatic heterocycles. The fraction of sp³-hybridized carbons (Fsp3) is 0.276. The van der Waals surface area contributed by atoms with Gasteiger partial charge in [-0.15, -0.1) is 0 Å². The maximum Gasteiger partial charge on any atom is 0.204 e. The van der Waals surface area contributed by atoms with Crippen LogP contribution in [0, 0.1) is 0 Å². The zero-order chi connectivity index (χ0) is 25.4. The van der Waals surface area contributed by atoms with Gasteiger partial charge >= 0.3 is 0 Å². The highest BCUT2D eigenvalue weighted by Gasteiger charge is 2.31. The van der Waals surface area contributed by atoms with Crippen molar-refractivity contribution in [1.29, 1.82) is 0 Å². The molecule has 2 heterocycles. The second-order valence-corrected chi connectivity index (χ2v) is 9.39. The van der Waals surface area contributed by atoms with Gasteiger partial charge in [-0.25, -0.2) is 0 Å². The summed E-state index contributed by atoms with van der Waals surface area (Å²) in [7, 11) is 3.05. The van der Waals surface area contributed by atoms with Crippen LogP contribution in [-0.4, -0.2) is 24.9 Å². The van der Waals surface area contributed by atoms with Crippen molar-refractivity contribution in [3.63, 3.8) is 0 Å². The number of hydrogen-bond acceptors (Lipinski definition) is 7. The van der Waals surface area contributed by atoms with E-state index >= 15 is 0 Å². The van der Waals surface area contributed by atoms with Crippen molar-refractivity contribution in [2.45, 2.75) is 38.9 Å². The Balaban J connectivity index is 1.59. The number of ether oxygens (including phenoxy) is 4. The van der Waals surface area contributed by atoms with Crippen LogP contribution in [0.2, 0.25) is 0 Å². The van der Waals surface area contributed by atoms with Crippen LogP contribution in [0.25, 0.3) is 22.1 Å². The topological polar surface area (TPSA) is 87.4 Å². The maximum absolute atomic E-state index is 13.6. The molecule has 0 saturated heterocycles. The van der Waals surface area contributed by atoms with Gasteiger partial charge in [0.25, 0.3) is 0 Å². The molecule has 4 aromatic rings. The number of phenols is 1. The van der Waals surface area contributed by atoms with Gasteiger partial charge in [0.15, 0.2) is 11.5 Å². The SMILES string of the molecule is COc1cc(-c2coc3c4c(cc(O)c3c2=O)OC(C)(C)CC4)c(OC)cc1OCc1ccccc1. The number of aryl methyl sites for hydroxylation is 1. The molecule has 0 atom stereocenters. The Morgan fingerprint density at radius 2 is 1.72 bits per heavy atom. The number of aromatic hydroxyl groups is 1. The summed E-state index contributed by atoms with van der Waals surface area (Å²) >= 11 is 0. The molecule has 0 radical (unpaired) electrons. The Morgan fingerprint density at radius 1 is 0.972 bits per heavy atom. The second kappa shape index (κ2) is 9.15. The second-order valence-electron chi connectivity index (χ2n) is 9.39. The first-order chi connectivity index (χ1) is 17.3. The van der Waals surface area contributed by atoms with Gasteiger partial charge in [0.2, 0.25) is 5.43 Å². The Hall–Kier alpha value is -4.13. The van der Waals surface area contributed by atoms with Crippen molar-refractivity contribution >= 4 is 11.0 Å². The van der Waals surface area contributed by atoms with E-state index in [1.807, 2.05) is 44.2 Å². The third kappa shape index (κ3) is 4.21. The van der Waals surface area contributed by atoms with Crippen LogP contribution in [0.15, 0.2) is 64.0 Å². The number of fused-ring (bicyclic) bond motifs is 3. The number of benzene rings is 3. The number of methoxy groups -OCH3 is 2. The summed E-state index contributed by atoms with van der Waals surface area (Å²) in [4.78, 5) is 13.6. The highest BCUT2D eigenvalue weighted by atomic mass is 16.5. The smallest absolute Gasteiger partial charge is 0.204 e. The normalized spacial score (nSPS) is 14.1. The van der Waals surface area contributed by atoms with Crippen LogP contribution in [0.4, 0.5) is 0 Å². The lowest BCUT2D eigenvalue weighted by Gasteiger charge is -2.32. The lowest BCUT2D eigenvalue weighted by atomic mass is 9.92. The first-order valence-corrected chi connectivity index (χ1v) is 11.7. The van der Waals surface area contributed by atoms with Crippen molar-refractivity contribution in [2.75, 3.05) is 14.2 Å². The van der Waals surface area contributed by atoms with Gasteiger partial charge in [-0.2, -0.15) is 0 Å². The van der Waals surface area contributed by atoms with Crippen LogP contribution in [-0.2, 0) is 13.0 Å². The molecule has 7 nitrogen and oxygen atoms in total. The average molecular weight is 489 g/mol. The quantitative estimate of drug-likeness (QED) is 0.363. The summed E-state index contributed by atoms with van der Waals surface area (Å²) < 4.78 is 29.1. The summed E-state index contributed by atoms with van der Waals surface area (Å²) in [5.41, 5.74) is 2.08. The fourth-order valence-electron chi connectivity index (χ4n) is 4.53. The molecule has 5 rings (SSSR count). The van der Waals surface area contributed by atoms with Gasteiger partial charge in [0, 0.05) is 23.3 Å². The molecule has 0 saturated carbocycles. The van der Waals surface area contributed by atoms with E-state index in [-0.39, 0.29) is 27.7 Å². The summed E-state index contributed by atoms with van der Waals surface area (Å²) in [6, 6.07) is 14.6. The minimum Gasteiger partial charge on any atom is -0.507 e. The third-order valence-corrected chi connectivity index (χ3v) is 6.47. The molecule has 0 spiro atoms. The van der Waals surface area contributed by atoms with Crippen LogP contribution in [0.5, 0.6) is 28.7 Å². The zero-order valence-corrected chi connectivity index (χ0v) is 20.7. The molecular weight excluding hydrogens is 460 g/mol. The molecule has 36 heavy (non-hydrogen) atoms. The van der Waals surface area contributed by atoms with E-state index in [1.165, 1.54) is 26.5 Å². The number of phenolic OH excluding ortho intramolecular Hbond substituents is 1. The summed E-state index contributed by atoms with van der Waals surface area (Å²) in [6.07, 6.45) is 2.83. The molecule has 1 aromatic heterocycles. The Labute approximate surface area is 208 Å². The molecule has 1 aliphatic rings. The van der Waals surface area contributed by atoms with Crippen molar-refractivity contribution in [3.8, 4) is 39.9 Å². The molecule has 0 aliphatic carbocycles. The first kappa shape index (κ1) is 23.6. The number of hydrogen-bond donors (Lipinski definition) is 1. The van der Waals surface area contributed by atoms with Crippen LogP contribution < -0.4 is 24.4 Å². The molecule has 0 bridgehead atoms. The monoisotopic (exact) mass is 488 g/mol. The Kier molecular flexibility index (Phi) is 6.00. The van der Waals surface area contributed by atoms with Crippen LogP contribution in [0.3, 0.4) is 0 Å². The largest absolute Gasteiger partial charge is 0.507 e. The van der Waals surface area contributed by atoms with Crippen molar-refractivity contribution in [1.82, 2.24) is 0 Å². The summed E-state index contributed by atoms with van der Waals surface area (Å²) in [5.74, 6) is 1.67. The van der Waals surface area contributed by atoms with Gasteiger partial charge in [-0.1, -0.05) is 30.3 Å². The van der Waals surface area contributed by atoms with Gasteiger partial charge in [0.05, 0.1) is 19.8 Å². The van der Waals surface area contributed by atoms with E-state index < -0.39 is 0 Å². The van der Waals surface area contributed by atoms with E-state index in [0.717, 1.165) is 17.5 Å². The molecule has 3 aromatic carbocycles. The molecule has 186 valence electrons. The van der Waals surface area contributed by atoms with Gasteiger partial charge in [0.1, 0.15) is 46.7 Å². The minimum absolute atomic E-state index is 0.111. The van der Waals surface area contributed by atoms with Gasteiger partial charge in [-0.3, -0.25) is 4.79 Å². The highest BCUT2D eigenvalue weighted by molar-refractivity contribution is 5.91. The predicted octanol–water partition coefficient (Wildman–Crippen LogP) is 5.87. The molecule has 0 unspecified atom stereocenters. The van der Waals surface area contributed by atoms with Gasteiger partial charge in [-0.05, 0) is 38.3 Å². The molecule has 0 fully saturated rings. The predicted molar refractivity (Wildman–Crippen MR) is 136 cm³/mol. The molecule has 1 N–H and O–H groups in total. The molecular formula is C29H28O7. The summed E-state index contributed by atoms with van der Waals surface area (Å²) in [6.45, 7) is 4.32. The Bertz CT molecular complexity index is 1490. The first-order valence-electron chi connectivity index (χ1n) is 11.7. The van der Waals surface area contributed by atoms with Gasteiger partial charge < -0.3 is 28.5 Å². The van der Waals surface area contributed by atoms with E-state index in [2.05, 4.69) is 0 Å². The summed E-state index contributed by atoms with van der Waals surface area (Å²) in [5, 5.41) is 10.9. The lowest BCUT2D eigenvalue weighted by molar-refractivity contribution is 0.0846. The van der Waals surface area contributed by atoms with Crippen LogP contribution in [0.1, 0.15) is 31.4 Å². The van der Waals surface area contributed by atoms with E-state index in [1.54, 1.807) is 12.1 Å². The highest BCUT2D eigenvalue weighted by Crippen LogP contribution is 2.43. The van der Waals surface area contributed by atoms with Crippen molar-refractivity contribution in [2.24, 2.45) is 0 Å².